The number of carbonyl (C=O) groups excluding carboxylic acids is 1. The van der Waals surface area contributed by atoms with Crippen molar-refractivity contribution in [2.24, 2.45) is 0 Å². The van der Waals surface area contributed by atoms with Gasteiger partial charge in [-0.1, -0.05) is 23.9 Å². The first-order valence-electron chi connectivity index (χ1n) is 6.90. The van der Waals surface area contributed by atoms with Gasteiger partial charge in [0.05, 0.1) is 11.4 Å². The molecule has 3 rings (SSSR count). The Morgan fingerprint density at radius 3 is 2.74 bits per heavy atom. The second kappa shape index (κ2) is 6.70. The second-order valence-electron chi connectivity index (χ2n) is 4.93. The highest BCUT2D eigenvalue weighted by Crippen LogP contribution is 2.20. The average Bonchev–Trinajstić information content (AvgIpc) is 3.02. The van der Waals surface area contributed by atoms with E-state index >= 15 is 0 Å². The molecule has 0 aliphatic carbocycles. The lowest BCUT2D eigenvalue weighted by molar-refractivity contribution is 0.102. The molecule has 7 heteroatoms. The lowest BCUT2D eigenvalue weighted by Crippen LogP contribution is -2.05. The van der Waals surface area contributed by atoms with Crippen molar-refractivity contribution >= 4 is 17.5 Å². The Morgan fingerprint density at radius 1 is 1.22 bits per heavy atom. The van der Waals surface area contributed by atoms with Crippen LogP contribution in [0.1, 0.15) is 15.9 Å². The van der Waals surface area contributed by atoms with Gasteiger partial charge in [-0.2, -0.15) is 4.68 Å². The maximum atomic E-state index is 12.9. The predicted molar refractivity (Wildman–Crippen MR) is 85.3 cm³/mol. The largest absolute Gasteiger partial charge is 0.293 e. The highest BCUT2D eigenvalue weighted by atomic mass is 32.2. The van der Waals surface area contributed by atoms with Crippen LogP contribution in [0.2, 0.25) is 0 Å². The fraction of sp³-hybridized carbons (Fsp3) is 0.125. The summed E-state index contributed by atoms with van der Waals surface area (Å²) in [6, 6.07) is 13.3. The number of rotatable bonds is 5. The van der Waals surface area contributed by atoms with Crippen LogP contribution in [0.15, 0.2) is 53.7 Å². The van der Waals surface area contributed by atoms with Crippen LogP contribution in [-0.2, 0) is 0 Å². The maximum absolute atomic E-state index is 12.9. The molecule has 23 heavy (non-hydrogen) atoms. The summed E-state index contributed by atoms with van der Waals surface area (Å²) in [6.07, 6.45) is 0. The van der Waals surface area contributed by atoms with Crippen molar-refractivity contribution in [1.82, 2.24) is 20.2 Å². The fourth-order valence-electron chi connectivity index (χ4n) is 2.04. The Morgan fingerprint density at radius 2 is 2.00 bits per heavy atom. The zero-order chi connectivity index (χ0) is 16.2. The van der Waals surface area contributed by atoms with Gasteiger partial charge in [0.15, 0.2) is 5.78 Å². The zero-order valence-electron chi connectivity index (χ0n) is 12.3. The topological polar surface area (TPSA) is 60.7 Å². The summed E-state index contributed by atoms with van der Waals surface area (Å²) >= 11 is 1.25. The van der Waals surface area contributed by atoms with Crippen molar-refractivity contribution in [1.29, 1.82) is 0 Å². The van der Waals surface area contributed by atoms with Crippen LogP contribution in [0.25, 0.3) is 5.69 Å². The van der Waals surface area contributed by atoms with Gasteiger partial charge in [0.2, 0.25) is 5.16 Å². The fourth-order valence-corrected chi connectivity index (χ4v) is 2.83. The molecule has 0 saturated heterocycles. The number of halogens is 1. The molecular weight excluding hydrogens is 315 g/mol. The molecule has 0 aliphatic rings. The van der Waals surface area contributed by atoms with Crippen molar-refractivity contribution < 1.29 is 9.18 Å². The lowest BCUT2D eigenvalue weighted by Gasteiger charge is -2.05. The van der Waals surface area contributed by atoms with E-state index in [1.807, 2.05) is 31.2 Å². The SMILES string of the molecule is Cc1cccc(-n2nnnc2SCC(=O)c2ccc(F)cc2)c1. The smallest absolute Gasteiger partial charge is 0.214 e. The molecule has 0 aliphatic heterocycles. The summed E-state index contributed by atoms with van der Waals surface area (Å²) in [7, 11) is 0. The minimum Gasteiger partial charge on any atom is -0.293 e. The van der Waals surface area contributed by atoms with Crippen LogP contribution in [0.3, 0.4) is 0 Å². The number of aryl methyl sites for hydroxylation is 1. The van der Waals surface area contributed by atoms with Crippen molar-refractivity contribution in [3.8, 4) is 5.69 Å². The number of carbonyl (C=O) groups is 1. The summed E-state index contributed by atoms with van der Waals surface area (Å²) in [6.45, 7) is 1.98. The Balaban J connectivity index is 1.73. The summed E-state index contributed by atoms with van der Waals surface area (Å²) < 4.78 is 14.5. The van der Waals surface area contributed by atoms with Gasteiger partial charge in [-0.05, 0) is 59.3 Å². The third-order valence-corrected chi connectivity index (χ3v) is 4.10. The maximum Gasteiger partial charge on any atom is 0.214 e. The third-order valence-electron chi connectivity index (χ3n) is 3.19. The van der Waals surface area contributed by atoms with Gasteiger partial charge in [-0.15, -0.1) is 5.10 Å². The molecule has 0 bridgehead atoms. The first-order valence-corrected chi connectivity index (χ1v) is 7.89. The first kappa shape index (κ1) is 15.4. The van der Waals surface area contributed by atoms with Gasteiger partial charge in [-0.3, -0.25) is 4.79 Å². The molecule has 0 fully saturated rings. The number of benzene rings is 2. The highest BCUT2D eigenvalue weighted by Gasteiger charge is 2.13. The Labute approximate surface area is 136 Å². The summed E-state index contributed by atoms with van der Waals surface area (Å²) in [5.74, 6) is -0.288. The van der Waals surface area contributed by atoms with Crippen LogP contribution in [0.5, 0.6) is 0 Å². The first-order chi connectivity index (χ1) is 11.1. The minimum atomic E-state index is -0.363. The van der Waals surface area contributed by atoms with E-state index in [1.165, 1.54) is 36.0 Å². The Bertz CT molecular complexity index is 832. The molecule has 1 heterocycles. The monoisotopic (exact) mass is 328 g/mol. The van der Waals surface area contributed by atoms with Crippen LogP contribution < -0.4 is 0 Å². The summed E-state index contributed by atoms with van der Waals surface area (Å²) in [5, 5.41) is 12.1. The Kier molecular flexibility index (Phi) is 4.47. The summed E-state index contributed by atoms with van der Waals surface area (Å²) in [5.41, 5.74) is 2.40. The van der Waals surface area contributed by atoms with Crippen LogP contribution in [-0.4, -0.2) is 31.7 Å². The molecule has 0 amide bonds. The van der Waals surface area contributed by atoms with E-state index in [-0.39, 0.29) is 17.4 Å². The molecule has 0 atom stereocenters. The van der Waals surface area contributed by atoms with Gasteiger partial charge in [0, 0.05) is 5.56 Å². The molecule has 2 aromatic carbocycles. The molecule has 5 nitrogen and oxygen atoms in total. The molecule has 0 radical (unpaired) electrons. The number of ketones is 1. The Hall–Kier alpha value is -2.54. The van der Waals surface area contributed by atoms with E-state index in [1.54, 1.807) is 4.68 Å². The second-order valence-corrected chi connectivity index (χ2v) is 5.87. The van der Waals surface area contributed by atoms with Gasteiger partial charge in [0.1, 0.15) is 5.82 Å². The van der Waals surface area contributed by atoms with Gasteiger partial charge < -0.3 is 0 Å². The molecule has 0 spiro atoms. The van der Waals surface area contributed by atoms with Crippen molar-refractivity contribution in [2.45, 2.75) is 12.1 Å². The van der Waals surface area contributed by atoms with E-state index in [4.69, 9.17) is 0 Å². The van der Waals surface area contributed by atoms with Gasteiger partial charge in [-0.25, -0.2) is 4.39 Å². The molecule has 1 aromatic heterocycles. The van der Waals surface area contributed by atoms with Crippen LogP contribution in [0, 0.1) is 12.7 Å². The van der Waals surface area contributed by atoms with Crippen LogP contribution in [0.4, 0.5) is 4.39 Å². The third kappa shape index (κ3) is 3.62. The van der Waals surface area contributed by atoms with E-state index < -0.39 is 0 Å². The normalized spacial score (nSPS) is 10.7. The highest BCUT2D eigenvalue weighted by molar-refractivity contribution is 7.99. The number of aromatic nitrogens is 4. The van der Waals surface area contributed by atoms with Crippen molar-refractivity contribution in [3.05, 3.63) is 65.5 Å². The van der Waals surface area contributed by atoms with Gasteiger partial charge >= 0.3 is 0 Å². The van der Waals surface area contributed by atoms with Crippen molar-refractivity contribution in [2.75, 3.05) is 5.75 Å². The quantitative estimate of drug-likeness (QED) is 0.532. The minimum absolute atomic E-state index is 0.103. The number of tetrazole rings is 1. The predicted octanol–water partition coefficient (Wildman–Crippen LogP) is 3.08. The van der Waals surface area contributed by atoms with Crippen molar-refractivity contribution in [3.63, 3.8) is 0 Å². The molecule has 0 unspecified atom stereocenters. The van der Waals surface area contributed by atoms with E-state index in [9.17, 15) is 9.18 Å². The standard InChI is InChI=1S/C16H13FN4OS/c1-11-3-2-4-14(9-11)21-16(18-19-20-21)23-10-15(22)12-5-7-13(17)8-6-12/h2-9H,10H2,1H3. The number of Topliss-reactive ketones (excluding diaryl/α,β-unsaturated/α-hetero) is 1. The van der Waals surface area contributed by atoms with E-state index in [0.717, 1.165) is 11.3 Å². The summed E-state index contributed by atoms with van der Waals surface area (Å²) in [4.78, 5) is 12.1. The molecular formula is C16H13FN4OS. The molecule has 0 saturated carbocycles. The number of thioether (sulfide) groups is 1. The van der Waals surface area contributed by atoms with E-state index in [0.29, 0.717) is 10.7 Å². The zero-order valence-corrected chi connectivity index (χ0v) is 13.1. The van der Waals surface area contributed by atoms with Crippen LogP contribution >= 0.6 is 11.8 Å². The van der Waals surface area contributed by atoms with E-state index in [2.05, 4.69) is 15.5 Å². The van der Waals surface area contributed by atoms with Gasteiger partial charge in [0.25, 0.3) is 0 Å². The average molecular weight is 328 g/mol. The number of nitrogens with zero attached hydrogens (tertiary/aromatic N) is 4. The molecule has 3 aromatic rings. The molecule has 0 N–H and O–H groups in total. The molecule has 116 valence electrons. The lowest BCUT2D eigenvalue weighted by atomic mass is 10.1. The number of hydrogen-bond acceptors (Lipinski definition) is 5. The number of hydrogen-bond donors (Lipinski definition) is 0.